The molecule has 0 aromatic heterocycles. The van der Waals surface area contributed by atoms with Crippen molar-refractivity contribution in [1.29, 1.82) is 0 Å². The van der Waals surface area contributed by atoms with Crippen molar-refractivity contribution in [3.05, 3.63) is 64.7 Å². The molecular weight excluding hydrogens is 374 g/mol. The van der Waals surface area contributed by atoms with Crippen LogP contribution in [0.1, 0.15) is 22.7 Å². The Morgan fingerprint density at radius 1 is 1.10 bits per heavy atom. The molecule has 3 rings (SSSR count). The van der Waals surface area contributed by atoms with Gasteiger partial charge < -0.3 is 24.6 Å². The van der Waals surface area contributed by atoms with Crippen LogP contribution in [0.2, 0.25) is 0 Å². The number of methoxy groups -OCH3 is 2. The van der Waals surface area contributed by atoms with E-state index in [1.165, 1.54) is 25.2 Å². The van der Waals surface area contributed by atoms with Crippen LogP contribution in [0.3, 0.4) is 0 Å². The number of phenolic OH excluding ortho intramolecular Hbond substituents is 1. The number of ketones is 1. The van der Waals surface area contributed by atoms with Crippen molar-refractivity contribution in [2.24, 2.45) is 0 Å². The van der Waals surface area contributed by atoms with Crippen LogP contribution in [0.4, 0.5) is 0 Å². The summed E-state index contributed by atoms with van der Waals surface area (Å²) in [7, 11) is 2.91. The molecule has 152 valence electrons. The third-order valence-corrected chi connectivity index (χ3v) is 4.92. The van der Waals surface area contributed by atoms with Crippen molar-refractivity contribution < 1.29 is 29.3 Å². The zero-order chi connectivity index (χ0) is 21.1. The Labute approximate surface area is 168 Å². The second kappa shape index (κ2) is 8.36. The molecule has 0 bridgehead atoms. The number of likely N-dealkylation sites (tertiary alicyclic amines) is 1. The molecule has 0 aliphatic carbocycles. The van der Waals surface area contributed by atoms with Gasteiger partial charge in [-0.3, -0.25) is 9.59 Å². The van der Waals surface area contributed by atoms with Gasteiger partial charge in [0, 0.05) is 19.2 Å². The molecule has 2 aromatic rings. The van der Waals surface area contributed by atoms with E-state index >= 15 is 0 Å². The van der Waals surface area contributed by atoms with E-state index in [0.717, 1.165) is 5.56 Å². The average molecular weight is 397 g/mol. The molecule has 2 aromatic carbocycles. The highest BCUT2D eigenvalue weighted by Gasteiger charge is 2.46. The number of phenols is 1. The number of rotatable bonds is 6. The molecule has 0 saturated carbocycles. The molecule has 1 fully saturated rings. The van der Waals surface area contributed by atoms with E-state index in [9.17, 15) is 19.8 Å². The zero-order valence-electron chi connectivity index (χ0n) is 16.5. The van der Waals surface area contributed by atoms with Crippen molar-refractivity contribution in [2.45, 2.75) is 13.0 Å². The molecule has 1 aliphatic heterocycles. The summed E-state index contributed by atoms with van der Waals surface area (Å²) in [5.74, 6) is -1.59. The summed E-state index contributed by atoms with van der Waals surface area (Å²) in [4.78, 5) is 26.9. The first-order chi connectivity index (χ1) is 13.9. The summed E-state index contributed by atoms with van der Waals surface area (Å²) in [5.41, 5.74) is 1.96. The topological polar surface area (TPSA) is 96.3 Å². The molecule has 2 N–H and O–H groups in total. The molecule has 29 heavy (non-hydrogen) atoms. The number of hydrogen-bond acceptors (Lipinski definition) is 6. The molecular formula is C22H23NO6. The molecule has 0 radical (unpaired) electrons. The molecule has 1 atom stereocenters. The van der Waals surface area contributed by atoms with Crippen molar-refractivity contribution in [3.63, 3.8) is 0 Å². The van der Waals surface area contributed by atoms with Gasteiger partial charge in [0.1, 0.15) is 5.76 Å². The number of aryl methyl sites for hydroxylation is 1. The first kappa shape index (κ1) is 20.4. The fourth-order valence-electron chi connectivity index (χ4n) is 3.38. The van der Waals surface area contributed by atoms with Gasteiger partial charge in [0.15, 0.2) is 11.5 Å². The zero-order valence-corrected chi connectivity index (χ0v) is 16.5. The molecule has 1 aliphatic rings. The van der Waals surface area contributed by atoms with Gasteiger partial charge in [-0.25, -0.2) is 0 Å². The molecule has 1 amide bonds. The number of aliphatic hydroxyl groups is 1. The predicted octanol–water partition coefficient (Wildman–Crippen LogP) is 2.78. The molecule has 0 spiro atoms. The Hall–Kier alpha value is -3.32. The normalized spacial score (nSPS) is 18.3. The molecule has 1 unspecified atom stereocenters. The highest BCUT2D eigenvalue weighted by Crippen LogP contribution is 2.41. The number of aliphatic hydroxyl groups excluding tert-OH is 1. The van der Waals surface area contributed by atoms with Crippen molar-refractivity contribution in [1.82, 2.24) is 4.90 Å². The predicted molar refractivity (Wildman–Crippen MR) is 107 cm³/mol. The van der Waals surface area contributed by atoms with Crippen molar-refractivity contribution in [3.8, 4) is 11.5 Å². The van der Waals surface area contributed by atoms with Crippen LogP contribution in [-0.4, -0.2) is 54.2 Å². The van der Waals surface area contributed by atoms with Crippen molar-refractivity contribution >= 4 is 17.4 Å². The number of benzene rings is 2. The largest absolute Gasteiger partial charge is 0.507 e. The fourth-order valence-corrected chi connectivity index (χ4v) is 3.38. The lowest BCUT2D eigenvalue weighted by Crippen LogP contribution is -2.32. The number of nitrogens with zero attached hydrogens (tertiary/aromatic N) is 1. The van der Waals surface area contributed by atoms with E-state index in [-0.39, 0.29) is 36.0 Å². The Morgan fingerprint density at radius 2 is 1.79 bits per heavy atom. The lowest BCUT2D eigenvalue weighted by Gasteiger charge is -2.25. The number of hydrogen-bond donors (Lipinski definition) is 2. The summed E-state index contributed by atoms with van der Waals surface area (Å²) in [6, 6.07) is 10.8. The monoisotopic (exact) mass is 397 g/mol. The van der Waals surface area contributed by atoms with E-state index in [1.54, 1.807) is 24.3 Å². The minimum atomic E-state index is -0.832. The van der Waals surface area contributed by atoms with Crippen LogP contribution in [-0.2, 0) is 14.3 Å². The maximum Gasteiger partial charge on any atom is 0.295 e. The first-order valence-electron chi connectivity index (χ1n) is 9.10. The Kier molecular flexibility index (Phi) is 5.89. The van der Waals surface area contributed by atoms with Crippen LogP contribution in [0.25, 0.3) is 5.76 Å². The summed E-state index contributed by atoms with van der Waals surface area (Å²) < 4.78 is 10.2. The summed E-state index contributed by atoms with van der Waals surface area (Å²) in [5, 5.41) is 20.8. The summed E-state index contributed by atoms with van der Waals surface area (Å²) in [6.07, 6.45) is 0. The Morgan fingerprint density at radius 3 is 2.41 bits per heavy atom. The average Bonchev–Trinajstić information content (AvgIpc) is 2.97. The molecule has 1 heterocycles. The van der Waals surface area contributed by atoms with Gasteiger partial charge in [0.05, 0.1) is 25.3 Å². The first-order valence-corrected chi connectivity index (χ1v) is 9.10. The van der Waals surface area contributed by atoms with Gasteiger partial charge in [0.25, 0.3) is 11.7 Å². The quantitative estimate of drug-likeness (QED) is 0.442. The number of amides is 1. The minimum Gasteiger partial charge on any atom is -0.507 e. The molecule has 1 saturated heterocycles. The fraction of sp³-hybridized carbons (Fsp3) is 0.273. The SMILES string of the molecule is COCCN1C(=O)C(=O)/C(=C(/O)c2ccc(C)cc2)C1c1ccc(O)c(OC)c1. The van der Waals surface area contributed by atoms with Crippen molar-refractivity contribution in [2.75, 3.05) is 27.4 Å². The van der Waals surface area contributed by atoms with Gasteiger partial charge in [-0.05, 0) is 24.6 Å². The van der Waals surface area contributed by atoms with E-state index < -0.39 is 17.7 Å². The van der Waals surface area contributed by atoms with Gasteiger partial charge in [0.2, 0.25) is 0 Å². The third kappa shape index (κ3) is 3.82. The van der Waals surface area contributed by atoms with E-state index in [2.05, 4.69) is 0 Å². The van der Waals surface area contributed by atoms with E-state index in [1.807, 2.05) is 19.1 Å². The lowest BCUT2D eigenvalue weighted by atomic mass is 9.94. The number of carbonyl (C=O) groups is 2. The second-order valence-electron chi connectivity index (χ2n) is 6.78. The van der Waals surface area contributed by atoms with Gasteiger partial charge in [-0.2, -0.15) is 0 Å². The summed E-state index contributed by atoms with van der Waals surface area (Å²) in [6.45, 7) is 2.30. The van der Waals surface area contributed by atoms with E-state index in [4.69, 9.17) is 9.47 Å². The van der Waals surface area contributed by atoms with E-state index in [0.29, 0.717) is 11.1 Å². The van der Waals surface area contributed by atoms with Crippen LogP contribution < -0.4 is 4.74 Å². The maximum atomic E-state index is 12.8. The smallest absolute Gasteiger partial charge is 0.295 e. The summed E-state index contributed by atoms with van der Waals surface area (Å²) >= 11 is 0. The standard InChI is InChI=1S/C22H23NO6/c1-13-4-6-14(7-5-13)20(25)18-19(15-8-9-16(24)17(12-15)29-3)23(10-11-28-2)22(27)21(18)26/h4-9,12,19,24-25H,10-11H2,1-3H3/b20-18+. The van der Waals surface area contributed by atoms with Gasteiger partial charge in [-0.15, -0.1) is 0 Å². The lowest BCUT2D eigenvalue weighted by molar-refractivity contribution is -0.140. The second-order valence-corrected chi connectivity index (χ2v) is 6.78. The van der Waals surface area contributed by atoms with Crippen LogP contribution in [0.15, 0.2) is 48.0 Å². The van der Waals surface area contributed by atoms with Crippen LogP contribution >= 0.6 is 0 Å². The number of Topliss-reactive ketones (excluding diaryl/α,β-unsaturated/α-hetero) is 1. The number of ether oxygens (including phenoxy) is 2. The van der Waals surface area contributed by atoms with Crippen LogP contribution in [0, 0.1) is 6.92 Å². The Balaban J connectivity index is 2.18. The third-order valence-electron chi connectivity index (χ3n) is 4.92. The number of aromatic hydroxyl groups is 1. The van der Waals surface area contributed by atoms with Crippen LogP contribution in [0.5, 0.6) is 11.5 Å². The Bertz CT molecular complexity index is 964. The highest BCUT2D eigenvalue weighted by atomic mass is 16.5. The van der Waals surface area contributed by atoms with Gasteiger partial charge >= 0.3 is 0 Å². The maximum absolute atomic E-state index is 12.8. The highest BCUT2D eigenvalue weighted by molar-refractivity contribution is 6.46. The molecule has 7 heteroatoms. The number of carbonyl (C=O) groups excluding carboxylic acids is 2. The van der Waals surface area contributed by atoms with Gasteiger partial charge in [-0.1, -0.05) is 35.9 Å². The molecule has 7 nitrogen and oxygen atoms in total. The minimum absolute atomic E-state index is 0.0114.